The average molecular weight is 235 g/mol. The van der Waals surface area contributed by atoms with Crippen molar-refractivity contribution in [1.82, 2.24) is 4.98 Å². The number of thiazole rings is 1. The third-order valence-electron chi connectivity index (χ3n) is 2.78. The third-order valence-corrected chi connectivity index (χ3v) is 3.96. The van der Waals surface area contributed by atoms with Crippen LogP contribution >= 0.6 is 11.3 Å². The van der Waals surface area contributed by atoms with Crippen molar-refractivity contribution in [3.63, 3.8) is 0 Å². The molecule has 2 aromatic heterocycles. The first-order chi connectivity index (χ1) is 7.75. The Hall–Kier alpha value is -1.62. The predicted octanol–water partition coefficient (Wildman–Crippen LogP) is 2.52. The lowest BCUT2D eigenvalue weighted by Crippen LogP contribution is -2.08. The highest BCUT2D eigenvalue weighted by atomic mass is 32.1. The number of nitrogens with zero attached hydrogens (tertiary/aromatic N) is 1. The molecule has 0 saturated carbocycles. The van der Waals surface area contributed by atoms with Crippen LogP contribution in [-0.4, -0.2) is 16.1 Å². The number of rotatable bonds is 2. The van der Waals surface area contributed by atoms with Gasteiger partial charge in [0, 0.05) is 10.4 Å². The second-order valence-corrected chi connectivity index (χ2v) is 4.85. The van der Waals surface area contributed by atoms with Crippen molar-refractivity contribution in [2.75, 3.05) is 0 Å². The lowest BCUT2D eigenvalue weighted by molar-refractivity contribution is -0.138. The molecule has 1 unspecified atom stereocenters. The molecular formula is C11H9NO3S. The van der Waals surface area contributed by atoms with Gasteiger partial charge in [-0.05, 0) is 18.9 Å². The molecule has 82 valence electrons. The molecule has 0 bridgehead atoms. The highest BCUT2D eigenvalue weighted by Gasteiger charge is 2.32. The second kappa shape index (κ2) is 3.45. The molecule has 5 heteroatoms. The quantitative estimate of drug-likeness (QED) is 0.868. The third kappa shape index (κ3) is 1.36. The van der Waals surface area contributed by atoms with Crippen molar-refractivity contribution in [2.45, 2.75) is 18.8 Å². The van der Waals surface area contributed by atoms with Crippen molar-refractivity contribution in [2.24, 2.45) is 0 Å². The largest absolute Gasteiger partial charge is 0.481 e. The first kappa shape index (κ1) is 9.59. The van der Waals surface area contributed by atoms with E-state index in [9.17, 15) is 4.79 Å². The Balaban J connectivity index is 2.02. The highest BCUT2D eigenvalue weighted by Crippen LogP contribution is 2.39. The highest BCUT2D eigenvalue weighted by molar-refractivity contribution is 7.15. The lowest BCUT2D eigenvalue weighted by atomic mass is 10.1. The van der Waals surface area contributed by atoms with E-state index in [1.165, 1.54) is 0 Å². The zero-order chi connectivity index (χ0) is 11.1. The van der Waals surface area contributed by atoms with Gasteiger partial charge in [0.05, 0.1) is 12.0 Å². The summed E-state index contributed by atoms with van der Waals surface area (Å²) in [5, 5.41) is 9.90. The van der Waals surface area contributed by atoms with Crippen LogP contribution < -0.4 is 0 Å². The molecule has 2 heterocycles. The Labute approximate surface area is 95.6 Å². The molecule has 3 rings (SSSR count). The maximum atomic E-state index is 11.0. The summed E-state index contributed by atoms with van der Waals surface area (Å²) in [6.07, 6.45) is 4.72. The van der Waals surface area contributed by atoms with E-state index in [1.54, 1.807) is 23.9 Å². The summed E-state index contributed by atoms with van der Waals surface area (Å²) >= 11 is 1.57. The van der Waals surface area contributed by atoms with Crippen LogP contribution in [-0.2, 0) is 11.2 Å². The number of furan rings is 1. The molecule has 0 amide bonds. The van der Waals surface area contributed by atoms with Crippen LogP contribution in [0.5, 0.6) is 0 Å². The van der Waals surface area contributed by atoms with Crippen molar-refractivity contribution >= 4 is 17.3 Å². The van der Waals surface area contributed by atoms with Gasteiger partial charge in [0.25, 0.3) is 0 Å². The van der Waals surface area contributed by atoms with Gasteiger partial charge < -0.3 is 9.52 Å². The molecule has 4 nitrogen and oxygen atoms in total. The van der Waals surface area contributed by atoms with Crippen LogP contribution in [0.15, 0.2) is 23.0 Å². The van der Waals surface area contributed by atoms with Gasteiger partial charge in [0.15, 0.2) is 0 Å². The Bertz CT molecular complexity index is 529. The van der Waals surface area contributed by atoms with E-state index in [-0.39, 0.29) is 0 Å². The van der Waals surface area contributed by atoms with Gasteiger partial charge in [0.1, 0.15) is 17.2 Å². The molecular weight excluding hydrogens is 226 g/mol. The number of aryl methyl sites for hydroxylation is 1. The zero-order valence-corrected chi connectivity index (χ0v) is 9.16. The molecule has 0 spiro atoms. The number of carbonyl (C=O) groups is 1. The number of carboxylic acid groups (broad SMARTS) is 1. The number of carboxylic acids is 1. The summed E-state index contributed by atoms with van der Waals surface area (Å²) in [6.45, 7) is 0. The van der Waals surface area contributed by atoms with Gasteiger partial charge in [-0.1, -0.05) is 0 Å². The molecule has 1 atom stereocenters. The number of aliphatic carboxylic acids is 1. The molecule has 0 fully saturated rings. The van der Waals surface area contributed by atoms with Gasteiger partial charge in [-0.2, -0.15) is 0 Å². The first-order valence-corrected chi connectivity index (χ1v) is 5.82. The Morgan fingerprint density at radius 3 is 3.19 bits per heavy atom. The molecule has 0 radical (unpaired) electrons. The Morgan fingerprint density at radius 2 is 2.50 bits per heavy atom. The van der Waals surface area contributed by atoms with E-state index < -0.39 is 11.9 Å². The smallest absolute Gasteiger partial charge is 0.312 e. The summed E-state index contributed by atoms with van der Waals surface area (Å²) in [6, 6.07) is 1.84. The van der Waals surface area contributed by atoms with Gasteiger partial charge in [-0.15, -0.1) is 11.3 Å². The number of hydrogen-bond acceptors (Lipinski definition) is 4. The second-order valence-electron chi connectivity index (χ2n) is 3.77. The summed E-state index contributed by atoms with van der Waals surface area (Å²) in [4.78, 5) is 16.5. The van der Waals surface area contributed by atoms with Gasteiger partial charge >= 0.3 is 5.97 Å². The fraction of sp³-hybridized carbons (Fsp3) is 0.273. The van der Waals surface area contributed by atoms with Crippen LogP contribution in [0.2, 0.25) is 0 Å². The first-order valence-electron chi connectivity index (χ1n) is 5.00. The van der Waals surface area contributed by atoms with E-state index in [0.717, 1.165) is 27.6 Å². The lowest BCUT2D eigenvalue weighted by Gasteiger charge is -2.00. The topological polar surface area (TPSA) is 63.3 Å². The SMILES string of the molecule is O=C(O)C1CCc2sc(-c3ccoc3)nc21. The molecule has 1 aliphatic rings. The summed E-state index contributed by atoms with van der Waals surface area (Å²) < 4.78 is 4.99. The zero-order valence-electron chi connectivity index (χ0n) is 8.34. The number of hydrogen-bond donors (Lipinski definition) is 1. The molecule has 16 heavy (non-hydrogen) atoms. The molecule has 0 saturated heterocycles. The number of aromatic nitrogens is 1. The van der Waals surface area contributed by atoms with Crippen molar-refractivity contribution in [3.05, 3.63) is 29.2 Å². The van der Waals surface area contributed by atoms with Gasteiger partial charge in [-0.3, -0.25) is 4.79 Å². The van der Waals surface area contributed by atoms with E-state index in [0.29, 0.717) is 6.42 Å². The van der Waals surface area contributed by atoms with Crippen molar-refractivity contribution in [1.29, 1.82) is 0 Å². The fourth-order valence-corrected chi connectivity index (χ4v) is 3.10. The normalized spacial score (nSPS) is 18.6. The van der Waals surface area contributed by atoms with Crippen molar-refractivity contribution in [3.8, 4) is 10.6 Å². The van der Waals surface area contributed by atoms with Crippen LogP contribution in [0.1, 0.15) is 22.9 Å². The minimum Gasteiger partial charge on any atom is -0.481 e. The summed E-state index contributed by atoms with van der Waals surface area (Å²) in [5.41, 5.74) is 1.66. The molecule has 1 aliphatic carbocycles. The van der Waals surface area contributed by atoms with E-state index >= 15 is 0 Å². The van der Waals surface area contributed by atoms with Crippen molar-refractivity contribution < 1.29 is 14.3 Å². The minimum absolute atomic E-state index is 0.424. The summed E-state index contributed by atoms with van der Waals surface area (Å²) in [7, 11) is 0. The maximum Gasteiger partial charge on any atom is 0.312 e. The Morgan fingerprint density at radius 1 is 1.62 bits per heavy atom. The standard InChI is InChI=1S/C11H9NO3S/c13-11(14)7-1-2-8-9(7)12-10(16-8)6-3-4-15-5-6/h3-5,7H,1-2H2,(H,13,14). The van der Waals surface area contributed by atoms with Crippen LogP contribution in [0.3, 0.4) is 0 Å². The van der Waals surface area contributed by atoms with E-state index in [4.69, 9.17) is 9.52 Å². The van der Waals surface area contributed by atoms with E-state index in [1.807, 2.05) is 6.07 Å². The average Bonchev–Trinajstić information content (AvgIpc) is 2.92. The Kier molecular flexibility index (Phi) is 2.07. The van der Waals surface area contributed by atoms with Gasteiger partial charge in [-0.25, -0.2) is 4.98 Å². The van der Waals surface area contributed by atoms with Crippen LogP contribution in [0, 0.1) is 0 Å². The molecule has 1 N–H and O–H groups in total. The molecule has 0 aliphatic heterocycles. The van der Waals surface area contributed by atoms with E-state index in [2.05, 4.69) is 4.98 Å². The minimum atomic E-state index is -0.775. The predicted molar refractivity (Wildman–Crippen MR) is 58.5 cm³/mol. The van der Waals surface area contributed by atoms with Crippen LogP contribution in [0.4, 0.5) is 0 Å². The number of fused-ring (bicyclic) bond motifs is 1. The monoisotopic (exact) mass is 235 g/mol. The summed E-state index contributed by atoms with van der Waals surface area (Å²) in [5.74, 6) is -1.20. The molecule has 0 aromatic carbocycles. The van der Waals surface area contributed by atoms with Crippen LogP contribution in [0.25, 0.3) is 10.6 Å². The maximum absolute atomic E-state index is 11.0. The van der Waals surface area contributed by atoms with Gasteiger partial charge in [0.2, 0.25) is 0 Å². The fourth-order valence-electron chi connectivity index (χ4n) is 1.98. The molecule has 2 aromatic rings.